The number of ether oxygens (including phenoxy) is 1. The van der Waals surface area contributed by atoms with Crippen LogP contribution < -0.4 is 10.1 Å². The van der Waals surface area contributed by atoms with Crippen LogP contribution in [0.2, 0.25) is 0 Å². The van der Waals surface area contributed by atoms with E-state index in [0.29, 0.717) is 6.04 Å². The molecule has 1 unspecified atom stereocenters. The molecule has 0 spiro atoms. The van der Waals surface area contributed by atoms with Crippen molar-refractivity contribution in [1.29, 1.82) is 0 Å². The van der Waals surface area contributed by atoms with Crippen LogP contribution in [0.4, 0.5) is 0 Å². The smallest absolute Gasteiger partial charge is 0.119 e. The summed E-state index contributed by atoms with van der Waals surface area (Å²) in [4.78, 5) is 2.36. The number of likely N-dealkylation sites (N-methyl/N-ethyl adjacent to an activating group) is 1. The summed E-state index contributed by atoms with van der Waals surface area (Å²) in [5.74, 6) is 0.960. The average Bonchev–Trinajstić information content (AvgIpc) is 2.43. The van der Waals surface area contributed by atoms with Crippen LogP contribution in [0.1, 0.15) is 32.4 Å². The molecule has 1 N–H and O–H groups in total. The molecule has 18 heavy (non-hydrogen) atoms. The summed E-state index contributed by atoms with van der Waals surface area (Å²) < 4.78 is 5.81. The second kappa shape index (κ2) is 8.11. The highest BCUT2D eigenvalue weighted by Gasteiger charge is 2.04. The SMILES string of the molecule is CCN(CC)CCOc1cccc(C(C)NC)c1. The highest BCUT2D eigenvalue weighted by Crippen LogP contribution is 2.18. The van der Waals surface area contributed by atoms with Gasteiger partial charge in [-0.25, -0.2) is 0 Å². The van der Waals surface area contributed by atoms with E-state index in [1.165, 1.54) is 5.56 Å². The van der Waals surface area contributed by atoms with Gasteiger partial charge in [-0.1, -0.05) is 26.0 Å². The zero-order chi connectivity index (χ0) is 13.4. The molecule has 102 valence electrons. The monoisotopic (exact) mass is 250 g/mol. The zero-order valence-corrected chi connectivity index (χ0v) is 12.1. The number of hydrogen-bond donors (Lipinski definition) is 1. The predicted octanol–water partition coefficient (Wildman–Crippen LogP) is 2.69. The van der Waals surface area contributed by atoms with E-state index < -0.39 is 0 Å². The van der Waals surface area contributed by atoms with Crippen molar-refractivity contribution in [3.63, 3.8) is 0 Å². The number of nitrogens with one attached hydrogen (secondary N) is 1. The summed E-state index contributed by atoms with van der Waals surface area (Å²) in [6.07, 6.45) is 0. The van der Waals surface area contributed by atoms with Crippen molar-refractivity contribution in [2.75, 3.05) is 33.3 Å². The maximum atomic E-state index is 5.81. The molecular weight excluding hydrogens is 224 g/mol. The van der Waals surface area contributed by atoms with Crippen LogP contribution in [0.25, 0.3) is 0 Å². The van der Waals surface area contributed by atoms with Crippen molar-refractivity contribution in [2.24, 2.45) is 0 Å². The van der Waals surface area contributed by atoms with Crippen molar-refractivity contribution in [3.8, 4) is 5.75 Å². The van der Waals surface area contributed by atoms with Crippen LogP contribution in [0, 0.1) is 0 Å². The minimum absolute atomic E-state index is 0.358. The zero-order valence-electron chi connectivity index (χ0n) is 12.1. The van der Waals surface area contributed by atoms with E-state index in [2.05, 4.69) is 49.2 Å². The van der Waals surface area contributed by atoms with Gasteiger partial charge in [0.2, 0.25) is 0 Å². The molecule has 0 aliphatic heterocycles. The first-order valence-corrected chi connectivity index (χ1v) is 6.83. The molecule has 0 radical (unpaired) electrons. The van der Waals surface area contributed by atoms with Gasteiger partial charge in [0.05, 0.1) is 0 Å². The summed E-state index contributed by atoms with van der Waals surface area (Å²) in [5.41, 5.74) is 1.26. The van der Waals surface area contributed by atoms with E-state index in [1.54, 1.807) is 0 Å². The van der Waals surface area contributed by atoms with Crippen LogP contribution in [-0.4, -0.2) is 38.2 Å². The van der Waals surface area contributed by atoms with Gasteiger partial charge in [0.25, 0.3) is 0 Å². The van der Waals surface area contributed by atoms with E-state index in [-0.39, 0.29) is 0 Å². The molecule has 0 fully saturated rings. The molecule has 1 aromatic rings. The van der Waals surface area contributed by atoms with Gasteiger partial charge in [0.15, 0.2) is 0 Å². The lowest BCUT2D eigenvalue weighted by Crippen LogP contribution is -2.27. The lowest BCUT2D eigenvalue weighted by molar-refractivity contribution is 0.222. The van der Waals surface area contributed by atoms with Gasteiger partial charge in [-0.15, -0.1) is 0 Å². The molecule has 3 nitrogen and oxygen atoms in total. The van der Waals surface area contributed by atoms with Crippen LogP contribution in [0.3, 0.4) is 0 Å². The van der Waals surface area contributed by atoms with Crippen molar-refractivity contribution >= 4 is 0 Å². The van der Waals surface area contributed by atoms with Crippen LogP contribution in [0.5, 0.6) is 5.75 Å². The topological polar surface area (TPSA) is 24.5 Å². The average molecular weight is 250 g/mol. The molecule has 3 heteroatoms. The highest BCUT2D eigenvalue weighted by atomic mass is 16.5. The largest absolute Gasteiger partial charge is 0.492 e. The summed E-state index contributed by atoms with van der Waals surface area (Å²) in [7, 11) is 1.97. The Morgan fingerprint density at radius 3 is 2.61 bits per heavy atom. The van der Waals surface area contributed by atoms with Gasteiger partial charge >= 0.3 is 0 Å². The standard InChI is InChI=1S/C15H26N2O/c1-5-17(6-2)10-11-18-15-9-7-8-14(12-15)13(3)16-4/h7-9,12-13,16H,5-6,10-11H2,1-4H3. The van der Waals surface area contributed by atoms with Crippen LogP contribution in [0.15, 0.2) is 24.3 Å². The summed E-state index contributed by atoms with van der Waals surface area (Å²) in [5, 5.41) is 3.24. The number of hydrogen-bond acceptors (Lipinski definition) is 3. The minimum Gasteiger partial charge on any atom is -0.492 e. The van der Waals surface area contributed by atoms with Crippen molar-refractivity contribution in [3.05, 3.63) is 29.8 Å². The van der Waals surface area contributed by atoms with Crippen molar-refractivity contribution < 1.29 is 4.74 Å². The first kappa shape index (κ1) is 15.0. The van der Waals surface area contributed by atoms with Crippen molar-refractivity contribution in [1.82, 2.24) is 10.2 Å². The number of benzene rings is 1. The third kappa shape index (κ3) is 4.67. The minimum atomic E-state index is 0.358. The molecule has 0 aromatic heterocycles. The fraction of sp³-hybridized carbons (Fsp3) is 0.600. The lowest BCUT2D eigenvalue weighted by atomic mass is 10.1. The molecule has 0 aliphatic carbocycles. The molecule has 0 saturated carbocycles. The Bertz CT molecular complexity index is 337. The maximum absolute atomic E-state index is 5.81. The summed E-state index contributed by atoms with van der Waals surface area (Å²) >= 11 is 0. The maximum Gasteiger partial charge on any atom is 0.119 e. The van der Waals surface area contributed by atoms with Crippen LogP contribution in [-0.2, 0) is 0 Å². The van der Waals surface area contributed by atoms with Gasteiger partial charge in [-0.3, -0.25) is 0 Å². The Labute approximate surface area is 111 Å². The Balaban J connectivity index is 2.47. The third-order valence-corrected chi connectivity index (χ3v) is 3.36. The highest BCUT2D eigenvalue weighted by molar-refractivity contribution is 5.30. The van der Waals surface area contributed by atoms with E-state index >= 15 is 0 Å². The number of nitrogens with zero attached hydrogens (tertiary/aromatic N) is 1. The Kier molecular flexibility index (Phi) is 6.76. The normalized spacial score (nSPS) is 12.7. The Morgan fingerprint density at radius 2 is 2.00 bits per heavy atom. The van der Waals surface area contributed by atoms with E-state index in [9.17, 15) is 0 Å². The molecule has 0 bridgehead atoms. The van der Waals surface area contributed by atoms with Gasteiger partial charge in [0.1, 0.15) is 12.4 Å². The molecule has 0 saturated heterocycles. The van der Waals surface area contributed by atoms with E-state index in [4.69, 9.17) is 4.74 Å². The second-order valence-electron chi connectivity index (χ2n) is 4.46. The van der Waals surface area contributed by atoms with E-state index in [1.807, 2.05) is 13.1 Å². The first-order chi connectivity index (χ1) is 8.71. The fourth-order valence-electron chi connectivity index (χ4n) is 1.87. The predicted molar refractivity (Wildman–Crippen MR) is 77.2 cm³/mol. The molecular formula is C15H26N2O. The molecule has 1 atom stereocenters. The quantitative estimate of drug-likeness (QED) is 0.767. The third-order valence-electron chi connectivity index (χ3n) is 3.36. The lowest BCUT2D eigenvalue weighted by Gasteiger charge is -2.18. The van der Waals surface area contributed by atoms with Crippen molar-refractivity contribution in [2.45, 2.75) is 26.8 Å². The second-order valence-corrected chi connectivity index (χ2v) is 4.46. The summed E-state index contributed by atoms with van der Waals surface area (Å²) in [6.45, 7) is 10.4. The number of rotatable bonds is 8. The molecule has 0 amide bonds. The van der Waals surface area contributed by atoms with Gasteiger partial charge in [0, 0.05) is 12.6 Å². The molecule has 1 aromatic carbocycles. The van der Waals surface area contributed by atoms with Gasteiger partial charge in [-0.05, 0) is 44.8 Å². The molecule has 0 heterocycles. The first-order valence-electron chi connectivity index (χ1n) is 6.83. The Morgan fingerprint density at radius 1 is 1.28 bits per heavy atom. The summed E-state index contributed by atoms with van der Waals surface area (Å²) in [6, 6.07) is 8.67. The van der Waals surface area contributed by atoms with Crippen LogP contribution >= 0.6 is 0 Å². The molecule has 0 aliphatic rings. The fourth-order valence-corrected chi connectivity index (χ4v) is 1.87. The van der Waals surface area contributed by atoms with E-state index in [0.717, 1.165) is 32.0 Å². The molecule has 1 rings (SSSR count). The van der Waals surface area contributed by atoms with Gasteiger partial charge < -0.3 is 15.0 Å². The Hall–Kier alpha value is -1.06. The van der Waals surface area contributed by atoms with Gasteiger partial charge in [-0.2, -0.15) is 0 Å².